The molecule has 0 unspecified atom stereocenters. The first-order valence-corrected chi connectivity index (χ1v) is 18.8. The van der Waals surface area contributed by atoms with Crippen LogP contribution in [0.4, 0.5) is 5.69 Å². The number of benzene rings is 2. The smallest absolute Gasteiger partial charge is 0.331 e. The number of nitrogens with zero attached hydrogens (tertiary/aromatic N) is 1. The monoisotopic (exact) mass is 687 g/mol. The number of ether oxygens (including phenoxy) is 3. The van der Waals surface area contributed by atoms with Gasteiger partial charge in [-0.3, -0.25) is 4.98 Å². The van der Waals surface area contributed by atoms with Gasteiger partial charge in [0.05, 0.1) is 20.3 Å². The predicted octanol–water partition coefficient (Wildman–Crippen LogP) is 8.67. The lowest BCUT2D eigenvalue weighted by molar-refractivity contribution is -0.148. The van der Waals surface area contributed by atoms with Crippen molar-refractivity contribution in [2.45, 2.75) is 101 Å². The molecule has 3 atom stereocenters. The van der Waals surface area contributed by atoms with Crippen molar-refractivity contribution in [3.05, 3.63) is 82.1 Å². The Balaban J connectivity index is 1.23. The van der Waals surface area contributed by atoms with Gasteiger partial charge in [0.15, 0.2) is 0 Å². The highest BCUT2D eigenvalue weighted by atomic mass is 35.5. The molecular weight excluding hydrogens is 634 g/mol. The summed E-state index contributed by atoms with van der Waals surface area (Å²) >= 11 is 6.34. The van der Waals surface area contributed by atoms with Crippen LogP contribution in [0.5, 0.6) is 11.5 Å². The van der Waals surface area contributed by atoms with Crippen LogP contribution >= 0.6 is 11.6 Å². The summed E-state index contributed by atoms with van der Waals surface area (Å²) in [7, 11) is 3.48. The van der Waals surface area contributed by atoms with E-state index in [1.165, 1.54) is 42.3 Å². The topological polar surface area (TPSA) is 81.7 Å². The van der Waals surface area contributed by atoms with Gasteiger partial charge in [0, 0.05) is 28.2 Å². The molecule has 2 N–H and O–H groups in total. The Morgan fingerprint density at radius 2 is 1.92 bits per heavy atom. The van der Waals surface area contributed by atoms with Crippen LogP contribution in [-0.4, -0.2) is 50.4 Å². The maximum Gasteiger partial charge on any atom is 0.331 e. The lowest BCUT2D eigenvalue weighted by Gasteiger charge is -2.47. The van der Waals surface area contributed by atoms with Crippen molar-refractivity contribution in [2.24, 2.45) is 11.8 Å². The van der Waals surface area contributed by atoms with Gasteiger partial charge < -0.3 is 24.8 Å². The van der Waals surface area contributed by atoms with Gasteiger partial charge in [-0.15, -0.1) is 0 Å². The molecule has 264 valence electrons. The van der Waals surface area contributed by atoms with E-state index in [1.807, 2.05) is 37.5 Å². The number of aromatic nitrogens is 1. The molecule has 1 fully saturated rings. The van der Waals surface area contributed by atoms with Crippen molar-refractivity contribution < 1.29 is 19.0 Å². The van der Waals surface area contributed by atoms with Gasteiger partial charge in [0.25, 0.3) is 0 Å². The van der Waals surface area contributed by atoms with Gasteiger partial charge in [0.1, 0.15) is 17.0 Å². The van der Waals surface area contributed by atoms with E-state index in [4.69, 9.17) is 25.8 Å². The Labute approximate surface area is 297 Å². The average molecular weight is 688 g/mol. The molecule has 1 heterocycles. The predicted molar refractivity (Wildman–Crippen MR) is 197 cm³/mol. The lowest BCUT2D eigenvalue weighted by Crippen LogP contribution is -2.53. The normalized spacial score (nSPS) is 24.9. The fourth-order valence-corrected chi connectivity index (χ4v) is 9.13. The zero-order valence-electron chi connectivity index (χ0n) is 29.8. The second kappa shape index (κ2) is 15.7. The van der Waals surface area contributed by atoms with E-state index in [2.05, 4.69) is 53.7 Å². The second-order valence-electron chi connectivity index (χ2n) is 14.9. The molecule has 3 aromatic rings. The standard InChI is InChI=1S/C41H54ClN3O4/c1-28(27-49-37-15-21-44-36-12-7-9-29(2)38(36)37)23-31-24-30-13-14-34(48-22-6-5-20-43-3)26-35(30)40(31)16-18-41(19-17-40,39(46)47-4)45-33-11-8-10-32(42)25-33/h8,10-11,13-15,21,25-26,28-29,31,43,45H,5-7,9,12,16-20,22-24,27H2,1-4H3/t28-,29-,31+,40?,41?/m1/s1. The molecule has 0 radical (unpaired) electrons. The van der Waals surface area contributed by atoms with Gasteiger partial charge in [0.2, 0.25) is 0 Å². The van der Waals surface area contributed by atoms with E-state index in [9.17, 15) is 4.79 Å². The molecule has 3 aliphatic carbocycles. The first-order valence-electron chi connectivity index (χ1n) is 18.4. The molecule has 7 nitrogen and oxygen atoms in total. The first-order chi connectivity index (χ1) is 23.8. The molecule has 1 saturated carbocycles. The van der Waals surface area contributed by atoms with Gasteiger partial charge in [-0.2, -0.15) is 0 Å². The number of nitrogens with one attached hydrogen (secondary N) is 2. The summed E-state index contributed by atoms with van der Waals surface area (Å²) in [4.78, 5) is 18.2. The van der Waals surface area contributed by atoms with Crippen LogP contribution in [0, 0.1) is 11.8 Å². The Morgan fingerprint density at radius 3 is 2.69 bits per heavy atom. The van der Waals surface area contributed by atoms with Crippen molar-refractivity contribution in [3.63, 3.8) is 0 Å². The van der Waals surface area contributed by atoms with E-state index in [1.54, 1.807) is 0 Å². The third kappa shape index (κ3) is 7.73. The number of methoxy groups -OCH3 is 1. The third-order valence-electron chi connectivity index (χ3n) is 11.5. The van der Waals surface area contributed by atoms with Crippen LogP contribution in [0.1, 0.15) is 99.9 Å². The fourth-order valence-electron chi connectivity index (χ4n) is 8.94. The molecular formula is C41H54ClN3O4. The summed E-state index contributed by atoms with van der Waals surface area (Å²) in [5.74, 6) is 3.01. The molecule has 2 aromatic carbocycles. The maximum atomic E-state index is 13.5. The summed E-state index contributed by atoms with van der Waals surface area (Å²) in [6, 6.07) is 16.4. The number of hydrogen-bond donors (Lipinski definition) is 2. The number of fused-ring (bicyclic) bond motifs is 3. The zero-order valence-corrected chi connectivity index (χ0v) is 30.5. The second-order valence-corrected chi connectivity index (χ2v) is 15.3. The number of carbonyl (C=O) groups is 1. The number of unbranched alkanes of at least 4 members (excludes halogenated alkanes) is 1. The quantitative estimate of drug-likeness (QED) is 0.130. The highest BCUT2D eigenvalue weighted by Crippen LogP contribution is 2.57. The minimum Gasteiger partial charge on any atom is -0.494 e. The van der Waals surface area contributed by atoms with Crippen molar-refractivity contribution >= 4 is 23.3 Å². The summed E-state index contributed by atoms with van der Waals surface area (Å²) in [6.07, 6.45) is 12.6. The molecule has 0 saturated heterocycles. The summed E-state index contributed by atoms with van der Waals surface area (Å²) in [5, 5.41) is 7.44. The van der Waals surface area contributed by atoms with E-state index >= 15 is 0 Å². The van der Waals surface area contributed by atoms with Crippen molar-refractivity contribution in [2.75, 3.05) is 39.2 Å². The number of hydrogen-bond acceptors (Lipinski definition) is 7. The number of carbonyl (C=O) groups excluding carboxylic acids is 1. The molecule has 0 bridgehead atoms. The van der Waals surface area contributed by atoms with Crippen LogP contribution in [0.25, 0.3) is 0 Å². The number of aryl methyl sites for hydroxylation is 1. The molecule has 1 aromatic heterocycles. The molecule has 0 amide bonds. The summed E-state index contributed by atoms with van der Waals surface area (Å²) in [5.41, 5.74) is 5.28. The SMILES string of the molecule is CNCCCCOc1ccc2c(c1)C1(CCC(Nc3cccc(Cl)c3)(C(=O)OC)CC1)[C@@H](C[C@@H](C)COc1ccnc3c1[C@H](C)CCC3)C2. The van der Waals surface area contributed by atoms with Gasteiger partial charge >= 0.3 is 5.97 Å². The number of pyridine rings is 1. The fraction of sp³-hybridized carbons (Fsp3) is 0.561. The number of halogens is 1. The summed E-state index contributed by atoms with van der Waals surface area (Å²) < 4.78 is 18.3. The van der Waals surface area contributed by atoms with Gasteiger partial charge in [-0.25, -0.2) is 4.79 Å². The average Bonchev–Trinajstić information content (AvgIpc) is 3.39. The molecule has 0 aliphatic heterocycles. The first kappa shape index (κ1) is 35.5. The molecule has 3 aliphatic rings. The van der Waals surface area contributed by atoms with Crippen LogP contribution in [-0.2, 0) is 27.8 Å². The molecule has 1 spiro atoms. The van der Waals surface area contributed by atoms with Crippen LogP contribution in [0.15, 0.2) is 54.7 Å². The van der Waals surface area contributed by atoms with Crippen molar-refractivity contribution in [1.29, 1.82) is 0 Å². The minimum atomic E-state index is -0.814. The van der Waals surface area contributed by atoms with E-state index in [-0.39, 0.29) is 11.4 Å². The largest absolute Gasteiger partial charge is 0.494 e. The highest BCUT2D eigenvalue weighted by molar-refractivity contribution is 6.30. The number of anilines is 1. The van der Waals surface area contributed by atoms with Gasteiger partial charge in [-0.1, -0.05) is 37.6 Å². The third-order valence-corrected chi connectivity index (χ3v) is 11.8. The van der Waals surface area contributed by atoms with Crippen LogP contribution in [0.3, 0.4) is 0 Å². The van der Waals surface area contributed by atoms with Crippen LogP contribution < -0.4 is 20.1 Å². The van der Waals surface area contributed by atoms with E-state index in [0.29, 0.717) is 48.8 Å². The Bertz CT molecular complexity index is 1590. The lowest BCUT2D eigenvalue weighted by atomic mass is 9.59. The zero-order chi connectivity index (χ0) is 34.4. The Hall–Kier alpha value is -3.29. The molecule has 6 rings (SSSR count). The van der Waals surface area contributed by atoms with Gasteiger partial charge in [-0.05, 0) is 155 Å². The summed E-state index contributed by atoms with van der Waals surface area (Å²) in [6.45, 7) is 7.01. The van der Waals surface area contributed by atoms with Crippen molar-refractivity contribution in [1.82, 2.24) is 10.3 Å². The molecule has 8 heteroatoms. The van der Waals surface area contributed by atoms with Crippen molar-refractivity contribution in [3.8, 4) is 11.5 Å². The maximum absolute atomic E-state index is 13.5. The van der Waals surface area contributed by atoms with E-state index in [0.717, 1.165) is 68.7 Å². The highest BCUT2D eigenvalue weighted by Gasteiger charge is 2.54. The Kier molecular flexibility index (Phi) is 11.4. The molecule has 49 heavy (non-hydrogen) atoms. The number of rotatable bonds is 14. The number of esters is 1. The van der Waals surface area contributed by atoms with Crippen LogP contribution in [0.2, 0.25) is 5.02 Å². The Morgan fingerprint density at radius 1 is 1.08 bits per heavy atom. The van der Waals surface area contributed by atoms with E-state index < -0.39 is 5.54 Å². The minimum absolute atomic E-state index is 0.0625.